The molecule has 1 fully saturated rings. The molecule has 1 saturated heterocycles. The van der Waals surface area contributed by atoms with Crippen molar-refractivity contribution in [2.75, 3.05) is 18.0 Å². The minimum Gasteiger partial charge on any atom is -0.355 e. The van der Waals surface area contributed by atoms with Gasteiger partial charge in [0.05, 0.1) is 23.1 Å². The van der Waals surface area contributed by atoms with Gasteiger partial charge < -0.3 is 10.6 Å². The standard InChI is InChI=1S/C26H26F2N6/c1-16-21(17-6-3-2-4-7-17)34-22(19(15-31-34)24(27)28)25(32-16)33-12-9-26(10-13-33)14-20-18(23(26)29)8-5-11-30-20/h2-8,11,15,23-24H,9-10,12-14,29H2,1H3/t23-/m1/s1. The van der Waals surface area contributed by atoms with Crippen LogP contribution in [0.1, 0.15) is 47.8 Å². The van der Waals surface area contributed by atoms with Crippen LogP contribution in [0.2, 0.25) is 0 Å². The lowest BCUT2D eigenvalue weighted by atomic mass is 9.73. The van der Waals surface area contributed by atoms with E-state index in [0.717, 1.165) is 47.5 Å². The normalized spacial score (nSPS) is 19.3. The predicted molar refractivity (Wildman–Crippen MR) is 127 cm³/mol. The number of nitrogens with zero attached hydrogens (tertiary/aromatic N) is 5. The highest BCUT2D eigenvalue weighted by molar-refractivity contribution is 5.78. The summed E-state index contributed by atoms with van der Waals surface area (Å²) in [5.74, 6) is 0.571. The Morgan fingerprint density at radius 2 is 1.85 bits per heavy atom. The molecule has 8 heteroatoms. The average molecular weight is 461 g/mol. The van der Waals surface area contributed by atoms with Crippen molar-refractivity contribution in [2.24, 2.45) is 11.1 Å². The Morgan fingerprint density at radius 1 is 1.09 bits per heavy atom. The van der Waals surface area contributed by atoms with Gasteiger partial charge in [0.1, 0.15) is 5.52 Å². The molecule has 0 radical (unpaired) electrons. The minimum atomic E-state index is -2.63. The third-order valence-electron chi connectivity index (χ3n) is 7.62. The number of nitrogens with two attached hydrogens (primary N) is 1. The number of halogens is 2. The van der Waals surface area contributed by atoms with E-state index >= 15 is 0 Å². The van der Waals surface area contributed by atoms with Crippen molar-refractivity contribution in [1.82, 2.24) is 19.6 Å². The van der Waals surface area contributed by atoms with Crippen molar-refractivity contribution in [3.05, 3.63) is 77.4 Å². The highest BCUT2D eigenvalue weighted by atomic mass is 19.3. The van der Waals surface area contributed by atoms with E-state index in [4.69, 9.17) is 10.7 Å². The van der Waals surface area contributed by atoms with Gasteiger partial charge in [-0.3, -0.25) is 4.98 Å². The highest BCUT2D eigenvalue weighted by Crippen LogP contribution is 2.50. The quantitative estimate of drug-likeness (QED) is 0.472. The second-order valence-electron chi connectivity index (χ2n) is 9.44. The lowest BCUT2D eigenvalue weighted by Crippen LogP contribution is -2.44. The van der Waals surface area contributed by atoms with Crippen LogP contribution in [0.4, 0.5) is 14.6 Å². The van der Waals surface area contributed by atoms with Gasteiger partial charge in [0, 0.05) is 36.6 Å². The van der Waals surface area contributed by atoms with Gasteiger partial charge in [0.2, 0.25) is 0 Å². The van der Waals surface area contributed by atoms with Gasteiger partial charge in [-0.1, -0.05) is 36.4 Å². The van der Waals surface area contributed by atoms with E-state index in [-0.39, 0.29) is 17.0 Å². The van der Waals surface area contributed by atoms with Crippen LogP contribution >= 0.6 is 0 Å². The third kappa shape index (κ3) is 3.12. The zero-order valence-corrected chi connectivity index (χ0v) is 19.0. The van der Waals surface area contributed by atoms with Crippen molar-refractivity contribution in [3.63, 3.8) is 0 Å². The summed E-state index contributed by atoms with van der Waals surface area (Å²) in [5, 5.41) is 4.38. The molecule has 3 aromatic heterocycles. The smallest absolute Gasteiger partial charge is 0.267 e. The maximum absolute atomic E-state index is 14.0. The third-order valence-corrected chi connectivity index (χ3v) is 7.62. The maximum atomic E-state index is 14.0. The number of hydrogen-bond donors (Lipinski definition) is 1. The Hall–Kier alpha value is -3.39. The number of aromatic nitrogens is 4. The second-order valence-corrected chi connectivity index (χ2v) is 9.44. The molecule has 1 aliphatic carbocycles. The zero-order chi connectivity index (χ0) is 23.4. The van der Waals surface area contributed by atoms with E-state index in [2.05, 4.69) is 21.0 Å². The first-order valence-corrected chi connectivity index (χ1v) is 11.6. The minimum absolute atomic E-state index is 0.0473. The van der Waals surface area contributed by atoms with E-state index in [1.165, 1.54) is 6.20 Å². The molecular formula is C26H26F2N6. The Balaban J connectivity index is 1.39. The molecular weight excluding hydrogens is 434 g/mol. The number of fused-ring (bicyclic) bond motifs is 2. The van der Waals surface area contributed by atoms with E-state index in [1.54, 1.807) is 4.52 Å². The first-order valence-electron chi connectivity index (χ1n) is 11.6. The van der Waals surface area contributed by atoms with Gasteiger partial charge in [-0.05, 0) is 43.2 Å². The number of anilines is 1. The van der Waals surface area contributed by atoms with Gasteiger partial charge in [0.25, 0.3) is 6.43 Å². The van der Waals surface area contributed by atoms with Gasteiger partial charge in [-0.25, -0.2) is 18.3 Å². The number of hydrogen-bond acceptors (Lipinski definition) is 5. The predicted octanol–water partition coefficient (Wildman–Crippen LogP) is 4.88. The molecule has 6 rings (SSSR count). The summed E-state index contributed by atoms with van der Waals surface area (Å²) in [6.45, 7) is 3.31. The highest BCUT2D eigenvalue weighted by Gasteiger charge is 2.47. The number of rotatable bonds is 3. The summed E-state index contributed by atoms with van der Waals surface area (Å²) in [7, 11) is 0. The summed E-state index contributed by atoms with van der Waals surface area (Å²) in [6.07, 6.45) is 3.04. The molecule has 1 aromatic carbocycles. The monoisotopic (exact) mass is 460 g/mol. The fourth-order valence-electron chi connectivity index (χ4n) is 5.79. The Morgan fingerprint density at radius 3 is 2.56 bits per heavy atom. The SMILES string of the molecule is Cc1nc(N2CCC3(CC2)Cc2ncccc2[C@H]3N)c2c(C(F)F)cnn2c1-c1ccccc1. The fourth-order valence-corrected chi connectivity index (χ4v) is 5.79. The molecule has 2 N–H and O–H groups in total. The fraction of sp³-hybridized carbons (Fsp3) is 0.346. The zero-order valence-electron chi connectivity index (χ0n) is 19.0. The molecule has 1 atom stereocenters. The lowest BCUT2D eigenvalue weighted by molar-refractivity contribution is 0.153. The van der Waals surface area contributed by atoms with Crippen LogP contribution in [0, 0.1) is 12.3 Å². The molecule has 1 aliphatic heterocycles. The molecule has 4 heterocycles. The molecule has 0 bridgehead atoms. The maximum Gasteiger partial charge on any atom is 0.267 e. The van der Waals surface area contributed by atoms with Crippen LogP contribution in [-0.4, -0.2) is 32.7 Å². The number of piperidine rings is 1. The molecule has 174 valence electrons. The molecule has 0 amide bonds. The largest absolute Gasteiger partial charge is 0.355 e. The van der Waals surface area contributed by atoms with Crippen LogP contribution < -0.4 is 10.6 Å². The van der Waals surface area contributed by atoms with Gasteiger partial charge in [-0.2, -0.15) is 5.10 Å². The summed E-state index contributed by atoms with van der Waals surface area (Å²) < 4.78 is 29.7. The van der Waals surface area contributed by atoms with Crippen LogP contribution in [0.15, 0.2) is 54.9 Å². The number of pyridine rings is 1. The van der Waals surface area contributed by atoms with Crippen molar-refractivity contribution in [3.8, 4) is 11.3 Å². The van der Waals surface area contributed by atoms with E-state index < -0.39 is 6.43 Å². The van der Waals surface area contributed by atoms with E-state index in [1.807, 2.05) is 49.5 Å². The molecule has 0 unspecified atom stereocenters. The summed E-state index contributed by atoms with van der Waals surface area (Å²) in [4.78, 5) is 11.6. The lowest BCUT2D eigenvalue weighted by Gasteiger charge is -2.42. The Kier molecular flexibility index (Phi) is 4.88. The molecule has 6 nitrogen and oxygen atoms in total. The van der Waals surface area contributed by atoms with Gasteiger partial charge in [-0.15, -0.1) is 0 Å². The summed E-state index contributed by atoms with van der Waals surface area (Å²) in [5.41, 5.74) is 11.6. The van der Waals surface area contributed by atoms with Crippen molar-refractivity contribution in [1.29, 1.82) is 0 Å². The first kappa shape index (κ1) is 21.2. The van der Waals surface area contributed by atoms with Crippen molar-refractivity contribution in [2.45, 2.75) is 38.7 Å². The molecule has 4 aromatic rings. The average Bonchev–Trinajstić information content (AvgIpc) is 3.40. The Bertz CT molecular complexity index is 1360. The second kappa shape index (κ2) is 7.84. The number of alkyl halides is 2. The van der Waals surface area contributed by atoms with Crippen molar-refractivity contribution < 1.29 is 8.78 Å². The number of aryl methyl sites for hydroxylation is 1. The van der Waals surface area contributed by atoms with E-state index in [0.29, 0.717) is 24.4 Å². The first-order chi connectivity index (χ1) is 16.5. The summed E-state index contributed by atoms with van der Waals surface area (Å²) >= 11 is 0. The van der Waals surface area contributed by atoms with Crippen LogP contribution in [0.3, 0.4) is 0 Å². The molecule has 2 aliphatic rings. The van der Waals surface area contributed by atoms with E-state index in [9.17, 15) is 8.78 Å². The van der Waals surface area contributed by atoms with Gasteiger partial charge >= 0.3 is 0 Å². The van der Waals surface area contributed by atoms with Crippen molar-refractivity contribution >= 4 is 11.3 Å². The number of benzene rings is 1. The van der Waals surface area contributed by atoms with Crippen LogP contribution in [0.25, 0.3) is 16.8 Å². The van der Waals surface area contributed by atoms with Crippen LogP contribution in [-0.2, 0) is 6.42 Å². The summed E-state index contributed by atoms with van der Waals surface area (Å²) in [6, 6.07) is 13.6. The molecule has 0 saturated carbocycles. The molecule has 1 spiro atoms. The van der Waals surface area contributed by atoms with Gasteiger partial charge in [0.15, 0.2) is 5.82 Å². The topological polar surface area (TPSA) is 72.3 Å². The Labute approximate surface area is 196 Å². The molecule has 34 heavy (non-hydrogen) atoms. The van der Waals surface area contributed by atoms with Crippen LogP contribution in [0.5, 0.6) is 0 Å².